The number of benzene rings is 1. The summed E-state index contributed by atoms with van der Waals surface area (Å²) in [5, 5.41) is 0.670. The van der Waals surface area contributed by atoms with Crippen LogP contribution in [0.4, 0.5) is 8.78 Å². The summed E-state index contributed by atoms with van der Waals surface area (Å²) in [5.74, 6) is -3.24. The van der Waals surface area contributed by atoms with E-state index in [0.717, 1.165) is 11.4 Å². The largest absolute Gasteiger partial charge is 0.455 e. The summed E-state index contributed by atoms with van der Waals surface area (Å²) in [7, 11) is 0. The number of hydrogen-bond donors (Lipinski definition) is 0. The molecule has 0 aliphatic heterocycles. The van der Waals surface area contributed by atoms with E-state index in [1.165, 1.54) is 6.07 Å². The molecule has 0 N–H and O–H groups in total. The van der Waals surface area contributed by atoms with E-state index < -0.39 is 5.92 Å². The molecule has 0 spiro atoms. The van der Waals surface area contributed by atoms with Gasteiger partial charge in [0.15, 0.2) is 5.76 Å². The first-order valence-electron chi connectivity index (χ1n) is 4.05. The van der Waals surface area contributed by atoms with Gasteiger partial charge in [0.1, 0.15) is 5.58 Å². The fourth-order valence-electron chi connectivity index (χ4n) is 1.24. The van der Waals surface area contributed by atoms with Crippen LogP contribution in [-0.2, 0) is 5.92 Å². The van der Waals surface area contributed by atoms with Crippen molar-refractivity contribution in [1.29, 1.82) is 0 Å². The van der Waals surface area contributed by atoms with E-state index in [1.807, 2.05) is 0 Å². The first kappa shape index (κ1) is 9.65. The molecule has 0 saturated heterocycles. The Hall–Kier alpha value is -0.900. The van der Waals surface area contributed by atoms with E-state index in [2.05, 4.69) is 15.9 Å². The number of fused-ring (bicyclic) bond motifs is 1. The Morgan fingerprint density at radius 2 is 2.07 bits per heavy atom. The normalized spacial score (nSPS) is 12.3. The van der Waals surface area contributed by atoms with Crippen LogP contribution in [0.5, 0.6) is 0 Å². The molecule has 0 amide bonds. The van der Waals surface area contributed by atoms with Gasteiger partial charge in [-0.15, -0.1) is 0 Å². The minimum absolute atomic E-state index is 0.306. The zero-order valence-corrected chi connectivity index (χ0v) is 8.94. The van der Waals surface area contributed by atoms with Gasteiger partial charge in [-0.1, -0.05) is 22.0 Å². The summed E-state index contributed by atoms with van der Waals surface area (Å²) < 4.78 is 31.6. The zero-order chi connectivity index (χ0) is 10.3. The maximum absolute atomic E-state index is 12.9. The van der Waals surface area contributed by atoms with Gasteiger partial charge in [-0.05, 0) is 18.2 Å². The number of alkyl halides is 2. The standard InChI is InChI=1S/C10H7BrF2O/c1-10(12,13)9-5-6-7(11)3-2-4-8(6)14-9/h2-5H,1H3. The lowest BCUT2D eigenvalue weighted by Crippen LogP contribution is -2.04. The van der Waals surface area contributed by atoms with Crippen LogP contribution >= 0.6 is 15.9 Å². The molecule has 0 saturated carbocycles. The molecule has 4 heteroatoms. The van der Waals surface area contributed by atoms with E-state index in [0.29, 0.717) is 11.0 Å². The average molecular weight is 261 g/mol. The molecule has 0 fully saturated rings. The molecule has 0 aliphatic rings. The minimum Gasteiger partial charge on any atom is -0.455 e. The van der Waals surface area contributed by atoms with Crippen LogP contribution < -0.4 is 0 Å². The number of halogens is 3. The maximum atomic E-state index is 12.9. The molecule has 1 nitrogen and oxygen atoms in total. The lowest BCUT2D eigenvalue weighted by atomic mass is 10.2. The number of rotatable bonds is 1. The molecule has 0 aliphatic carbocycles. The van der Waals surface area contributed by atoms with Crippen molar-refractivity contribution in [2.45, 2.75) is 12.8 Å². The van der Waals surface area contributed by atoms with Gasteiger partial charge in [0, 0.05) is 16.8 Å². The molecule has 1 aromatic carbocycles. The second-order valence-electron chi connectivity index (χ2n) is 3.15. The summed E-state index contributed by atoms with van der Waals surface area (Å²) in [6.07, 6.45) is 0. The lowest BCUT2D eigenvalue weighted by Gasteiger charge is -2.03. The molecule has 14 heavy (non-hydrogen) atoms. The molecule has 0 bridgehead atoms. The van der Waals surface area contributed by atoms with E-state index >= 15 is 0 Å². The lowest BCUT2D eigenvalue weighted by molar-refractivity contribution is -0.00382. The molecule has 2 aromatic rings. The quantitative estimate of drug-likeness (QED) is 0.745. The highest BCUT2D eigenvalue weighted by Gasteiger charge is 2.29. The highest BCUT2D eigenvalue weighted by atomic mass is 79.9. The fraction of sp³-hybridized carbons (Fsp3) is 0.200. The summed E-state index contributed by atoms with van der Waals surface area (Å²) in [4.78, 5) is 0. The van der Waals surface area contributed by atoms with Crippen molar-refractivity contribution >= 4 is 26.9 Å². The van der Waals surface area contributed by atoms with Crippen LogP contribution in [-0.4, -0.2) is 0 Å². The Kier molecular flexibility index (Phi) is 2.10. The molecule has 1 aromatic heterocycles. The Labute approximate surface area is 87.8 Å². The molecule has 74 valence electrons. The Bertz CT molecular complexity index is 470. The molecule has 1 heterocycles. The van der Waals surface area contributed by atoms with E-state index in [-0.39, 0.29) is 5.76 Å². The van der Waals surface area contributed by atoms with E-state index in [4.69, 9.17) is 4.42 Å². The third kappa shape index (κ3) is 1.54. The van der Waals surface area contributed by atoms with Gasteiger partial charge in [0.05, 0.1) is 0 Å². The molecule has 2 rings (SSSR count). The second kappa shape index (κ2) is 3.05. The van der Waals surface area contributed by atoms with Gasteiger partial charge < -0.3 is 4.42 Å². The van der Waals surface area contributed by atoms with Gasteiger partial charge in [-0.3, -0.25) is 0 Å². The molecular formula is C10H7BrF2O. The van der Waals surface area contributed by atoms with Crippen molar-refractivity contribution in [3.63, 3.8) is 0 Å². The summed E-state index contributed by atoms with van der Waals surface area (Å²) >= 11 is 3.27. The second-order valence-corrected chi connectivity index (χ2v) is 4.01. The van der Waals surface area contributed by atoms with Crippen molar-refractivity contribution in [1.82, 2.24) is 0 Å². The van der Waals surface area contributed by atoms with E-state index in [1.54, 1.807) is 18.2 Å². The summed E-state index contributed by atoms with van der Waals surface area (Å²) in [5.41, 5.74) is 0.468. The predicted octanol–water partition coefficient (Wildman–Crippen LogP) is 4.31. The van der Waals surface area contributed by atoms with Crippen molar-refractivity contribution < 1.29 is 13.2 Å². The van der Waals surface area contributed by atoms with Crippen LogP contribution in [0.25, 0.3) is 11.0 Å². The third-order valence-corrected chi connectivity index (χ3v) is 2.63. The SMILES string of the molecule is CC(F)(F)c1cc2c(Br)cccc2o1. The minimum atomic E-state index is -2.93. The Morgan fingerprint density at radius 1 is 1.36 bits per heavy atom. The Morgan fingerprint density at radius 3 is 2.64 bits per heavy atom. The van der Waals surface area contributed by atoms with Crippen molar-refractivity contribution in [2.24, 2.45) is 0 Å². The van der Waals surface area contributed by atoms with Gasteiger partial charge in [0.2, 0.25) is 0 Å². The smallest absolute Gasteiger partial charge is 0.301 e. The molecule has 0 radical (unpaired) electrons. The highest BCUT2D eigenvalue weighted by molar-refractivity contribution is 9.10. The van der Waals surface area contributed by atoms with Crippen LogP contribution in [0, 0.1) is 0 Å². The van der Waals surface area contributed by atoms with Crippen LogP contribution in [0.15, 0.2) is 33.2 Å². The molecular weight excluding hydrogens is 254 g/mol. The van der Waals surface area contributed by atoms with Crippen molar-refractivity contribution in [3.05, 3.63) is 34.5 Å². The first-order chi connectivity index (χ1) is 6.48. The van der Waals surface area contributed by atoms with Gasteiger partial charge in [0.25, 0.3) is 0 Å². The average Bonchev–Trinajstić information content (AvgIpc) is 2.48. The monoisotopic (exact) mass is 260 g/mol. The number of hydrogen-bond acceptors (Lipinski definition) is 1. The number of furan rings is 1. The zero-order valence-electron chi connectivity index (χ0n) is 7.35. The van der Waals surface area contributed by atoms with Gasteiger partial charge in [-0.2, -0.15) is 8.78 Å². The van der Waals surface area contributed by atoms with Gasteiger partial charge in [-0.25, -0.2) is 0 Å². The third-order valence-electron chi connectivity index (χ3n) is 1.94. The van der Waals surface area contributed by atoms with Crippen LogP contribution in [0.1, 0.15) is 12.7 Å². The summed E-state index contributed by atoms with van der Waals surface area (Å²) in [6, 6.07) is 6.55. The summed E-state index contributed by atoms with van der Waals surface area (Å²) in [6.45, 7) is 0.818. The van der Waals surface area contributed by atoms with Crippen molar-refractivity contribution in [3.8, 4) is 0 Å². The van der Waals surface area contributed by atoms with Crippen LogP contribution in [0.2, 0.25) is 0 Å². The predicted molar refractivity (Wildman–Crippen MR) is 53.5 cm³/mol. The molecule has 0 unspecified atom stereocenters. The highest BCUT2D eigenvalue weighted by Crippen LogP contribution is 2.34. The van der Waals surface area contributed by atoms with Crippen LogP contribution in [0.3, 0.4) is 0 Å². The first-order valence-corrected chi connectivity index (χ1v) is 4.84. The maximum Gasteiger partial charge on any atom is 0.301 e. The van der Waals surface area contributed by atoms with Crippen molar-refractivity contribution in [2.75, 3.05) is 0 Å². The topological polar surface area (TPSA) is 13.1 Å². The van der Waals surface area contributed by atoms with Gasteiger partial charge >= 0.3 is 5.92 Å². The Balaban J connectivity index is 2.69. The fourth-order valence-corrected chi connectivity index (χ4v) is 1.70. The molecule has 0 atom stereocenters. The van der Waals surface area contributed by atoms with E-state index in [9.17, 15) is 8.78 Å².